The second kappa shape index (κ2) is 4.25. The number of thioether (sulfide) groups is 1. The summed E-state index contributed by atoms with van der Waals surface area (Å²) in [5, 5.41) is 6.09. The van der Waals surface area contributed by atoms with Gasteiger partial charge in [-0.15, -0.1) is 11.8 Å². The van der Waals surface area contributed by atoms with Crippen LogP contribution in [0.5, 0.6) is 0 Å². The summed E-state index contributed by atoms with van der Waals surface area (Å²) in [5.74, 6) is 1.31. The van der Waals surface area contributed by atoms with E-state index in [0.717, 1.165) is 6.54 Å². The molecule has 0 spiro atoms. The molecule has 1 fully saturated rings. The molecule has 2 rings (SSSR count). The number of allylic oxidation sites excluding steroid dienone is 1. The van der Waals surface area contributed by atoms with Crippen molar-refractivity contribution in [1.82, 2.24) is 5.32 Å². The molecule has 0 radical (unpaired) electrons. The van der Waals surface area contributed by atoms with Crippen LogP contribution in [0.3, 0.4) is 0 Å². The quantitative estimate of drug-likeness (QED) is 0.722. The van der Waals surface area contributed by atoms with Crippen LogP contribution in [0, 0.1) is 11.8 Å². The third-order valence-electron chi connectivity index (χ3n) is 3.11. The molecule has 80 valence electrons. The molecule has 2 nitrogen and oxygen atoms in total. The molecule has 0 amide bonds. The lowest BCUT2D eigenvalue weighted by molar-refractivity contribution is 0.316. The van der Waals surface area contributed by atoms with Crippen LogP contribution in [0.25, 0.3) is 0 Å². The van der Waals surface area contributed by atoms with Gasteiger partial charge in [0.1, 0.15) is 0 Å². The maximum Gasteiger partial charge on any atom is 0.0972 e. The molecule has 2 aliphatic rings. The van der Waals surface area contributed by atoms with Gasteiger partial charge in [-0.3, -0.25) is 0 Å². The molecule has 1 N–H and O–H groups in total. The summed E-state index contributed by atoms with van der Waals surface area (Å²) in [5.41, 5.74) is 0. The van der Waals surface area contributed by atoms with Gasteiger partial charge >= 0.3 is 0 Å². The molecule has 14 heavy (non-hydrogen) atoms. The highest BCUT2D eigenvalue weighted by atomic mass is 32.2. The maximum atomic E-state index is 5.78. The summed E-state index contributed by atoms with van der Waals surface area (Å²) in [7, 11) is 2.00. The summed E-state index contributed by atoms with van der Waals surface area (Å²) < 4.78 is 5.78. The molecule has 0 aromatic rings. The van der Waals surface area contributed by atoms with E-state index in [1.54, 1.807) is 0 Å². The van der Waals surface area contributed by atoms with Crippen LogP contribution in [-0.4, -0.2) is 31.1 Å². The predicted molar refractivity (Wildman–Crippen MR) is 61.4 cm³/mol. The van der Waals surface area contributed by atoms with Gasteiger partial charge in [0.05, 0.1) is 12.2 Å². The third kappa shape index (κ3) is 2.00. The van der Waals surface area contributed by atoms with E-state index in [-0.39, 0.29) is 0 Å². The van der Waals surface area contributed by atoms with E-state index in [1.807, 2.05) is 18.8 Å². The van der Waals surface area contributed by atoms with E-state index in [4.69, 9.17) is 4.74 Å². The van der Waals surface area contributed by atoms with Crippen LogP contribution in [0.2, 0.25) is 0 Å². The normalized spacial score (nSPS) is 42.8. The number of hydrogen-bond donors (Lipinski definition) is 1. The van der Waals surface area contributed by atoms with Gasteiger partial charge in [0.2, 0.25) is 0 Å². The van der Waals surface area contributed by atoms with Crippen molar-refractivity contribution in [2.24, 2.45) is 11.8 Å². The number of epoxide rings is 1. The van der Waals surface area contributed by atoms with E-state index in [1.165, 1.54) is 0 Å². The van der Waals surface area contributed by atoms with Crippen LogP contribution < -0.4 is 5.32 Å². The molecule has 5 unspecified atom stereocenters. The zero-order valence-electron chi connectivity index (χ0n) is 9.07. The van der Waals surface area contributed by atoms with Crippen molar-refractivity contribution >= 4 is 11.8 Å². The lowest BCUT2D eigenvalue weighted by atomic mass is 9.98. The first-order valence-electron chi connectivity index (χ1n) is 5.36. The average molecular weight is 213 g/mol. The molecule has 5 atom stereocenters. The van der Waals surface area contributed by atoms with Crippen molar-refractivity contribution in [3.63, 3.8) is 0 Å². The highest BCUT2D eigenvalue weighted by molar-refractivity contribution is 8.03. The topological polar surface area (TPSA) is 24.6 Å². The molecular weight excluding hydrogens is 194 g/mol. The Hall–Kier alpha value is 0.01000. The van der Waals surface area contributed by atoms with Gasteiger partial charge in [-0.25, -0.2) is 0 Å². The highest BCUT2D eigenvalue weighted by Gasteiger charge is 2.49. The second-order valence-corrected chi connectivity index (χ2v) is 5.48. The van der Waals surface area contributed by atoms with Crippen LogP contribution >= 0.6 is 11.8 Å². The van der Waals surface area contributed by atoms with Crippen molar-refractivity contribution < 1.29 is 4.74 Å². The van der Waals surface area contributed by atoms with E-state index in [9.17, 15) is 0 Å². The summed E-state index contributed by atoms with van der Waals surface area (Å²) >= 11 is 1.93. The van der Waals surface area contributed by atoms with Gasteiger partial charge in [-0.05, 0) is 30.8 Å². The largest absolute Gasteiger partial charge is 0.368 e. The monoisotopic (exact) mass is 213 g/mol. The molecule has 0 aromatic carbocycles. The minimum Gasteiger partial charge on any atom is -0.368 e. The molecule has 3 heteroatoms. The van der Waals surface area contributed by atoms with Gasteiger partial charge in [-0.2, -0.15) is 0 Å². The number of rotatable bonds is 4. The Bertz CT molecular complexity index is 231. The first-order valence-corrected chi connectivity index (χ1v) is 6.30. The fourth-order valence-corrected chi connectivity index (χ4v) is 3.40. The Morgan fingerprint density at radius 2 is 2.36 bits per heavy atom. The SMILES string of the molecule is CNCC(C)C1OC1C1SC=CC1C. The highest BCUT2D eigenvalue weighted by Crippen LogP contribution is 2.43. The number of nitrogens with one attached hydrogen (secondary N) is 1. The Labute approximate surface area is 90.5 Å². The predicted octanol–water partition coefficient (Wildman–Crippen LogP) is 1.87. The van der Waals surface area contributed by atoms with E-state index in [0.29, 0.717) is 29.3 Å². The average Bonchev–Trinajstić information content (AvgIpc) is 2.84. The lowest BCUT2D eigenvalue weighted by Gasteiger charge is -2.12. The Kier molecular flexibility index (Phi) is 3.20. The van der Waals surface area contributed by atoms with Gasteiger partial charge in [0.25, 0.3) is 0 Å². The van der Waals surface area contributed by atoms with Crippen molar-refractivity contribution in [3.05, 3.63) is 11.5 Å². The van der Waals surface area contributed by atoms with Crippen molar-refractivity contribution in [2.45, 2.75) is 31.3 Å². The minimum absolute atomic E-state index is 0.488. The Morgan fingerprint density at radius 3 is 2.93 bits per heavy atom. The summed E-state index contributed by atoms with van der Waals surface area (Å²) in [6.45, 7) is 5.60. The zero-order chi connectivity index (χ0) is 10.1. The molecule has 0 aromatic heterocycles. The number of hydrogen-bond acceptors (Lipinski definition) is 3. The standard InChI is InChI=1S/C11H19NOS/c1-7-4-5-14-11(7)10-9(13-10)8(2)6-12-3/h4-5,7-12H,6H2,1-3H3. The van der Waals surface area contributed by atoms with Crippen LogP contribution in [0.1, 0.15) is 13.8 Å². The van der Waals surface area contributed by atoms with E-state index >= 15 is 0 Å². The fourth-order valence-electron chi connectivity index (χ4n) is 2.17. The van der Waals surface area contributed by atoms with Gasteiger partial charge in [0.15, 0.2) is 0 Å². The smallest absolute Gasteiger partial charge is 0.0972 e. The van der Waals surface area contributed by atoms with Crippen LogP contribution in [-0.2, 0) is 4.74 Å². The third-order valence-corrected chi connectivity index (χ3v) is 4.43. The number of ether oxygens (including phenoxy) is 1. The lowest BCUT2D eigenvalue weighted by Crippen LogP contribution is -2.25. The molecule has 2 heterocycles. The summed E-state index contributed by atoms with van der Waals surface area (Å²) in [6, 6.07) is 0. The Balaban J connectivity index is 1.81. The second-order valence-electron chi connectivity index (χ2n) is 4.39. The molecule has 0 bridgehead atoms. The fraction of sp³-hybridized carbons (Fsp3) is 0.818. The zero-order valence-corrected chi connectivity index (χ0v) is 9.88. The van der Waals surface area contributed by atoms with Gasteiger partial charge in [0, 0.05) is 5.25 Å². The Morgan fingerprint density at radius 1 is 1.57 bits per heavy atom. The molecule has 0 aliphatic carbocycles. The maximum absolute atomic E-state index is 5.78. The minimum atomic E-state index is 0.488. The van der Waals surface area contributed by atoms with Crippen molar-refractivity contribution in [3.8, 4) is 0 Å². The van der Waals surface area contributed by atoms with Crippen molar-refractivity contribution in [2.75, 3.05) is 13.6 Å². The van der Waals surface area contributed by atoms with Crippen LogP contribution in [0.15, 0.2) is 11.5 Å². The summed E-state index contributed by atoms with van der Waals surface area (Å²) in [6.07, 6.45) is 3.27. The van der Waals surface area contributed by atoms with E-state index in [2.05, 4.69) is 30.6 Å². The van der Waals surface area contributed by atoms with E-state index < -0.39 is 0 Å². The molecule has 1 saturated heterocycles. The van der Waals surface area contributed by atoms with Gasteiger partial charge < -0.3 is 10.1 Å². The molecule has 0 saturated carbocycles. The van der Waals surface area contributed by atoms with Crippen LogP contribution in [0.4, 0.5) is 0 Å². The molecular formula is C11H19NOS. The van der Waals surface area contributed by atoms with Crippen molar-refractivity contribution in [1.29, 1.82) is 0 Å². The first-order chi connectivity index (χ1) is 6.74. The van der Waals surface area contributed by atoms with Gasteiger partial charge in [-0.1, -0.05) is 19.9 Å². The first kappa shape index (κ1) is 10.5. The molecule has 2 aliphatic heterocycles. The summed E-state index contributed by atoms with van der Waals surface area (Å²) in [4.78, 5) is 0.